The predicted molar refractivity (Wildman–Crippen MR) is 108 cm³/mol. The second-order valence-electron chi connectivity index (χ2n) is 6.67. The fourth-order valence-electron chi connectivity index (χ4n) is 3.23. The largest absolute Gasteiger partial charge is 0.480 e. The lowest BCUT2D eigenvalue weighted by Crippen LogP contribution is -2.42. The van der Waals surface area contributed by atoms with Crippen molar-refractivity contribution in [1.82, 2.24) is 5.32 Å². The highest BCUT2D eigenvalue weighted by atomic mass is 16.4. The zero-order valence-corrected chi connectivity index (χ0v) is 15.3. The third kappa shape index (κ3) is 3.73. The molecule has 0 saturated carbocycles. The van der Waals surface area contributed by atoms with Gasteiger partial charge in [0.05, 0.1) is 0 Å². The lowest BCUT2D eigenvalue weighted by molar-refractivity contribution is -0.139. The summed E-state index contributed by atoms with van der Waals surface area (Å²) in [5.74, 6) is -2.18. The molecule has 0 radical (unpaired) electrons. The van der Waals surface area contributed by atoms with Gasteiger partial charge in [-0.15, -0.1) is 0 Å². The summed E-state index contributed by atoms with van der Waals surface area (Å²) in [7, 11) is 0. The number of carboxylic acids is 1. The molecule has 0 aliphatic rings. The first-order valence-electron chi connectivity index (χ1n) is 9.06. The van der Waals surface area contributed by atoms with Crippen LogP contribution in [0.3, 0.4) is 0 Å². The van der Waals surface area contributed by atoms with Gasteiger partial charge in [0, 0.05) is 28.3 Å². The van der Waals surface area contributed by atoms with Crippen LogP contribution in [0.5, 0.6) is 0 Å². The van der Waals surface area contributed by atoms with E-state index in [4.69, 9.17) is 4.42 Å². The van der Waals surface area contributed by atoms with E-state index in [2.05, 4.69) is 5.32 Å². The molecule has 3 aromatic carbocycles. The SMILES string of the molecule is O=C(C[C@H](NC(=O)c1ccccc1)C(=O)O)c1ccc2oc3ccccc3c2c1. The van der Waals surface area contributed by atoms with Gasteiger partial charge in [-0.3, -0.25) is 9.59 Å². The van der Waals surface area contributed by atoms with Crippen LogP contribution in [-0.2, 0) is 4.79 Å². The molecule has 6 heteroatoms. The second-order valence-corrected chi connectivity index (χ2v) is 6.67. The molecular formula is C23H17NO5. The van der Waals surface area contributed by atoms with E-state index in [0.717, 1.165) is 10.8 Å². The lowest BCUT2D eigenvalue weighted by atomic mass is 10.0. The van der Waals surface area contributed by atoms with Gasteiger partial charge in [-0.05, 0) is 36.4 Å². The number of aliphatic carboxylic acids is 1. The van der Waals surface area contributed by atoms with Crippen molar-refractivity contribution in [3.05, 3.63) is 83.9 Å². The molecule has 1 aromatic heterocycles. The van der Waals surface area contributed by atoms with Crippen molar-refractivity contribution in [3.8, 4) is 0 Å². The Morgan fingerprint density at radius 1 is 0.828 bits per heavy atom. The van der Waals surface area contributed by atoms with Crippen LogP contribution in [0.1, 0.15) is 27.1 Å². The van der Waals surface area contributed by atoms with Crippen molar-refractivity contribution in [2.45, 2.75) is 12.5 Å². The van der Waals surface area contributed by atoms with Crippen LogP contribution in [0.25, 0.3) is 21.9 Å². The summed E-state index contributed by atoms with van der Waals surface area (Å²) < 4.78 is 5.75. The Morgan fingerprint density at radius 2 is 1.52 bits per heavy atom. The molecular weight excluding hydrogens is 370 g/mol. The molecule has 0 aliphatic heterocycles. The van der Waals surface area contributed by atoms with Gasteiger partial charge >= 0.3 is 5.97 Å². The average molecular weight is 387 g/mol. The van der Waals surface area contributed by atoms with Crippen molar-refractivity contribution in [2.24, 2.45) is 0 Å². The van der Waals surface area contributed by atoms with Gasteiger partial charge < -0.3 is 14.8 Å². The maximum absolute atomic E-state index is 12.7. The third-order valence-electron chi connectivity index (χ3n) is 4.73. The standard InChI is InChI=1S/C23H17NO5/c25-19(13-18(23(27)28)24-22(26)14-6-2-1-3-7-14)15-10-11-21-17(12-15)16-8-4-5-9-20(16)29-21/h1-12,18H,13H2,(H,24,26)(H,27,28)/t18-/m0/s1. The number of carboxylic acid groups (broad SMARTS) is 1. The summed E-state index contributed by atoms with van der Waals surface area (Å²) in [5, 5.41) is 13.5. The second kappa shape index (κ2) is 7.59. The number of ketones is 1. The van der Waals surface area contributed by atoms with E-state index in [-0.39, 0.29) is 12.2 Å². The van der Waals surface area contributed by atoms with Crippen molar-refractivity contribution in [3.63, 3.8) is 0 Å². The van der Waals surface area contributed by atoms with E-state index in [1.54, 1.807) is 48.5 Å². The van der Waals surface area contributed by atoms with Gasteiger partial charge in [0.15, 0.2) is 5.78 Å². The minimum absolute atomic E-state index is 0.331. The van der Waals surface area contributed by atoms with Gasteiger partial charge in [0.25, 0.3) is 5.91 Å². The van der Waals surface area contributed by atoms with Crippen LogP contribution in [0.2, 0.25) is 0 Å². The Balaban J connectivity index is 1.57. The summed E-state index contributed by atoms with van der Waals surface area (Å²) in [4.78, 5) is 36.6. The monoisotopic (exact) mass is 387 g/mol. The number of nitrogens with one attached hydrogen (secondary N) is 1. The number of hydrogen-bond acceptors (Lipinski definition) is 4. The summed E-state index contributed by atoms with van der Waals surface area (Å²) >= 11 is 0. The molecule has 29 heavy (non-hydrogen) atoms. The predicted octanol–water partition coefficient (Wildman–Crippen LogP) is 4.04. The molecule has 0 fully saturated rings. The summed E-state index contributed by atoms with van der Waals surface area (Å²) in [6, 6.07) is 19.4. The van der Waals surface area contributed by atoms with E-state index in [9.17, 15) is 19.5 Å². The molecule has 144 valence electrons. The van der Waals surface area contributed by atoms with Crippen LogP contribution < -0.4 is 5.32 Å². The van der Waals surface area contributed by atoms with E-state index in [0.29, 0.717) is 22.3 Å². The number of furan rings is 1. The molecule has 1 amide bonds. The first kappa shape index (κ1) is 18.4. The Bertz CT molecular complexity index is 1230. The Kier molecular flexibility index (Phi) is 4.83. The van der Waals surface area contributed by atoms with Crippen molar-refractivity contribution in [2.75, 3.05) is 0 Å². The van der Waals surface area contributed by atoms with Gasteiger partial charge in [-0.1, -0.05) is 36.4 Å². The lowest BCUT2D eigenvalue weighted by Gasteiger charge is -2.14. The third-order valence-corrected chi connectivity index (χ3v) is 4.73. The van der Waals surface area contributed by atoms with Crippen molar-refractivity contribution >= 4 is 39.6 Å². The molecule has 6 nitrogen and oxygen atoms in total. The summed E-state index contributed by atoms with van der Waals surface area (Å²) in [5.41, 5.74) is 2.06. The number of hydrogen-bond donors (Lipinski definition) is 2. The number of carbonyl (C=O) groups excluding carboxylic acids is 2. The number of amides is 1. The van der Waals surface area contributed by atoms with E-state index in [1.807, 2.05) is 24.3 Å². The Morgan fingerprint density at radius 3 is 2.28 bits per heavy atom. The van der Waals surface area contributed by atoms with Crippen LogP contribution in [0.4, 0.5) is 0 Å². The van der Waals surface area contributed by atoms with E-state index < -0.39 is 17.9 Å². The van der Waals surface area contributed by atoms with Crippen molar-refractivity contribution in [1.29, 1.82) is 0 Å². The number of carbonyl (C=O) groups is 3. The summed E-state index contributed by atoms with van der Waals surface area (Å²) in [6.07, 6.45) is -0.352. The molecule has 1 atom stereocenters. The Hall–Kier alpha value is -3.93. The summed E-state index contributed by atoms with van der Waals surface area (Å²) in [6.45, 7) is 0. The maximum Gasteiger partial charge on any atom is 0.326 e. The number of Topliss-reactive ketones (excluding diaryl/α,β-unsaturated/α-hetero) is 1. The number of para-hydroxylation sites is 1. The number of rotatable bonds is 6. The highest BCUT2D eigenvalue weighted by Gasteiger charge is 2.25. The van der Waals surface area contributed by atoms with Crippen LogP contribution >= 0.6 is 0 Å². The molecule has 0 unspecified atom stereocenters. The molecule has 0 saturated heterocycles. The molecule has 1 heterocycles. The fourth-order valence-corrected chi connectivity index (χ4v) is 3.23. The van der Waals surface area contributed by atoms with Crippen LogP contribution in [-0.4, -0.2) is 28.8 Å². The van der Waals surface area contributed by atoms with E-state index in [1.165, 1.54) is 0 Å². The highest BCUT2D eigenvalue weighted by molar-refractivity contribution is 6.09. The smallest absolute Gasteiger partial charge is 0.326 e. The minimum Gasteiger partial charge on any atom is -0.480 e. The fraction of sp³-hybridized carbons (Fsp3) is 0.0870. The van der Waals surface area contributed by atoms with Crippen LogP contribution in [0.15, 0.2) is 77.2 Å². The van der Waals surface area contributed by atoms with Gasteiger partial charge in [0.2, 0.25) is 0 Å². The molecule has 0 bridgehead atoms. The molecule has 0 spiro atoms. The zero-order valence-electron chi connectivity index (χ0n) is 15.3. The molecule has 2 N–H and O–H groups in total. The van der Waals surface area contributed by atoms with Crippen molar-refractivity contribution < 1.29 is 23.9 Å². The first-order valence-corrected chi connectivity index (χ1v) is 9.06. The molecule has 0 aliphatic carbocycles. The number of fused-ring (bicyclic) bond motifs is 3. The number of benzene rings is 3. The average Bonchev–Trinajstić information content (AvgIpc) is 3.11. The topological polar surface area (TPSA) is 96.6 Å². The Labute approximate surface area is 165 Å². The highest BCUT2D eigenvalue weighted by Crippen LogP contribution is 2.29. The first-order chi connectivity index (χ1) is 14.0. The minimum atomic E-state index is -1.33. The van der Waals surface area contributed by atoms with Gasteiger partial charge in [-0.2, -0.15) is 0 Å². The van der Waals surface area contributed by atoms with Gasteiger partial charge in [0.1, 0.15) is 17.2 Å². The van der Waals surface area contributed by atoms with E-state index >= 15 is 0 Å². The zero-order chi connectivity index (χ0) is 20.4. The molecule has 4 rings (SSSR count). The van der Waals surface area contributed by atoms with Crippen LogP contribution in [0, 0.1) is 0 Å². The quantitative estimate of drug-likeness (QED) is 0.487. The normalized spacial score (nSPS) is 12.0. The maximum atomic E-state index is 12.7. The molecule has 4 aromatic rings. The van der Waals surface area contributed by atoms with Gasteiger partial charge in [-0.25, -0.2) is 4.79 Å².